The third kappa shape index (κ3) is 24.5. The highest BCUT2D eigenvalue weighted by atomic mass is 16.6. The van der Waals surface area contributed by atoms with Crippen molar-refractivity contribution in [3.8, 4) is 5.75 Å². The van der Waals surface area contributed by atoms with Crippen molar-refractivity contribution >= 4 is 11.9 Å². The van der Waals surface area contributed by atoms with Gasteiger partial charge < -0.3 is 63.9 Å². The minimum absolute atomic E-state index is 0.268. The van der Waals surface area contributed by atoms with E-state index in [0.29, 0.717) is 149 Å². The third-order valence-corrected chi connectivity index (χ3v) is 5.10. The molecule has 1 heterocycles. The number of hydrogen-bond acceptors (Lipinski definition) is 14. The fourth-order valence-corrected chi connectivity index (χ4v) is 3.05. The van der Waals surface area contributed by atoms with Gasteiger partial charge in [0.05, 0.1) is 125 Å². The Labute approximate surface area is 249 Å². The van der Waals surface area contributed by atoms with Gasteiger partial charge in [-0.2, -0.15) is 0 Å². The fourth-order valence-electron chi connectivity index (χ4n) is 3.05. The molecule has 4 N–H and O–H groups in total. The zero-order chi connectivity index (χ0) is 30.2. The summed E-state index contributed by atoms with van der Waals surface area (Å²) in [7, 11) is 0. The predicted octanol–water partition coefficient (Wildman–Crippen LogP) is 0.976. The average Bonchev–Trinajstić information content (AvgIpc) is 3.00. The maximum absolute atomic E-state index is 7.86. The Kier molecular flexibility index (Phi) is 27.4. The summed E-state index contributed by atoms with van der Waals surface area (Å²) in [6, 6.07) is 1.74. The lowest BCUT2D eigenvalue weighted by Gasteiger charge is -2.09. The molecule has 0 unspecified atom stereocenters. The van der Waals surface area contributed by atoms with Crippen LogP contribution in [0.5, 0.6) is 5.75 Å². The summed E-state index contributed by atoms with van der Waals surface area (Å²) in [4.78, 5) is 4.07. The Bertz CT molecular complexity index is 763. The summed E-state index contributed by atoms with van der Waals surface area (Å²) in [5.74, 6) is 0.568. The summed E-state index contributed by atoms with van der Waals surface area (Å²) >= 11 is 0. The van der Waals surface area contributed by atoms with Crippen LogP contribution < -0.4 is 10.5 Å². The summed E-state index contributed by atoms with van der Waals surface area (Å²) < 4.78 is 54.4. The third-order valence-electron chi connectivity index (χ3n) is 5.10. The van der Waals surface area contributed by atoms with E-state index in [1.165, 1.54) is 6.21 Å². The van der Waals surface area contributed by atoms with Crippen molar-refractivity contribution in [1.29, 1.82) is 10.8 Å². The highest BCUT2D eigenvalue weighted by molar-refractivity contribution is 6.04. The molecule has 14 heteroatoms. The first-order valence-electron chi connectivity index (χ1n) is 14.3. The SMILES string of the molecule is N=CCC(=N)c1cncc(OCCOCCOCCOCCOCCOCCOCCOCCOCCOCCN)c1. The monoisotopic (exact) mass is 602 g/mol. The number of nitrogens with two attached hydrogens (primary N) is 1. The van der Waals surface area contributed by atoms with Crippen molar-refractivity contribution in [2.75, 3.05) is 132 Å². The molecule has 42 heavy (non-hydrogen) atoms. The van der Waals surface area contributed by atoms with E-state index < -0.39 is 0 Å². The minimum Gasteiger partial charge on any atom is -0.490 e. The van der Waals surface area contributed by atoms with Crippen molar-refractivity contribution in [1.82, 2.24) is 4.98 Å². The number of nitrogens with one attached hydrogen (secondary N) is 2. The molecule has 0 saturated carbocycles. The number of rotatable bonds is 33. The summed E-state index contributed by atoms with van der Waals surface area (Å²) in [5.41, 5.74) is 6.29. The Balaban J connectivity index is 1.72. The summed E-state index contributed by atoms with van der Waals surface area (Å²) in [6.45, 7) is 9.90. The van der Waals surface area contributed by atoms with Crippen molar-refractivity contribution in [2.24, 2.45) is 5.73 Å². The molecule has 0 aliphatic carbocycles. The van der Waals surface area contributed by atoms with Crippen LogP contribution in [0.1, 0.15) is 12.0 Å². The zero-order valence-corrected chi connectivity index (χ0v) is 24.8. The number of ether oxygens (including phenoxy) is 10. The number of nitrogens with zero attached hydrogens (tertiary/aromatic N) is 1. The smallest absolute Gasteiger partial charge is 0.138 e. The lowest BCUT2D eigenvalue weighted by molar-refractivity contribution is -0.0252. The van der Waals surface area contributed by atoms with E-state index >= 15 is 0 Å². The minimum atomic E-state index is 0.268. The Hall–Kier alpha value is -2.11. The second-order valence-electron chi connectivity index (χ2n) is 8.44. The molecular formula is C28H50N4O10. The quantitative estimate of drug-likeness (QED) is 0.0768. The van der Waals surface area contributed by atoms with E-state index in [-0.39, 0.29) is 6.42 Å². The van der Waals surface area contributed by atoms with Crippen LogP contribution >= 0.6 is 0 Å². The molecule has 242 valence electrons. The lowest BCUT2D eigenvalue weighted by Crippen LogP contribution is -2.15. The second-order valence-corrected chi connectivity index (χ2v) is 8.44. The molecule has 14 nitrogen and oxygen atoms in total. The van der Waals surface area contributed by atoms with Crippen LogP contribution in [0.3, 0.4) is 0 Å². The fraction of sp³-hybridized carbons (Fsp3) is 0.750. The van der Waals surface area contributed by atoms with E-state index in [1.54, 1.807) is 18.5 Å². The predicted molar refractivity (Wildman–Crippen MR) is 156 cm³/mol. The van der Waals surface area contributed by atoms with Crippen LogP contribution in [0.2, 0.25) is 0 Å². The van der Waals surface area contributed by atoms with Gasteiger partial charge >= 0.3 is 0 Å². The van der Waals surface area contributed by atoms with E-state index in [2.05, 4.69) is 4.98 Å². The zero-order valence-electron chi connectivity index (χ0n) is 24.8. The average molecular weight is 603 g/mol. The number of pyridine rings is 1. The lowest BCUT2D eigenvalue weighted by atomic mass is 10.1. The van der Waals surface area contributed by atoms with E-state index in [4.69, 9.17) is 63.9 Å². The van der Waals surface area contributed by atoms with Crippen molar-refractivity contribution in [3.63, 3.8) is 0 Å². The van der Waals surface area contributed by atoms with Crippen molar-refractivity contribution in [2.45, 2.75) is 6.42 Å². The molecule has 0 amide bonds. The Morgan fingerprint density at radius 1 is 0.571 bits per heavy atom. The van der Waals surface area contributed by atoms with Crippen molar-refractivity contribution in [3.05, 3.63) is 24.0 Å². The molecular weight excluding hydrogens is 552 g/mol. The molecule has 0 radical (unpaired) electrons. The highest BCUT2D eigenvalue weighted by Gasteiger charge is 2.03. The van der Waals surface area contributed by atoms with Crippen LogP contribution in [0.15, 0.2) is 18.5 Å². The molecule has 1 aromatic rings. The first kappa shape index (κ1) is 37.9. The number of aromatic nitrogens is 1. The summed E-state index contributed by atoms with van der Waals surface area (Å²) in [5, 5.41) is 15.0. The summed E-state index contributed by atoms with van der Waals surface area (Å²) in [6.07, 6.45) is 4.63. The van der Waals surface area contributed by atoms with E-state index in [9.17, 15) is 0 Å². The van der Waals surface area contributed by atoms with Crippen LogP contribution in [-0.2, 0) is 42.6 Å². The standard InChI is InChI=1S/C28H50N4O10/c29-2-1-28(31)26-23-27(25-32-24-26)42-22-21-41-20-19-40-18-17-39-16-15-38-14-13-37-12-11-36-10-9-35-8-7-34-6-5-33-4-3-30/h2,23-25,29,31H,1,3-22,30H2. The first-order chi connectivity index (χ1) is 20.8. The molecule has 0 aliphatic rings. The van der Waals surface area contributed by atoms with Gasteiger partial charge in [0.15, 0.2) is 0 Å². The van der Waals surface area contributed by atoms with Gasteiger partial charge in [-0.15, -0.1) is 0 Å². The first-order valence-corrected chi connectivity index (χ1v) is 14.3. The Morgan fingerprint density at radius 3 is 1.29 bits per heavy atom. The Morgan fingerprint density at radius 2 is 0.929 bits per heavy atom. The van der Waals surface area contributed by atoms with E-state index in [0.717, 1.165) is 0 Å². The van der Waals surface area contributed by atoms with Crippen LogP contribution in [0.25, 0.3) is 0 Å². The molecule has 0 fully saturated rings. The van der Waals surface area contributed by atoms with Crippen LogP contribution in [0.4, 0.5) is 0 Å². The maximum Gasteiger partial charge on any atom is 0.138 e. The van der Waals surface area contributed by atoms with Gasteiger partial charge in [0.2, 0.25) is 0 Å². The van der Waals surface area contributed by atoms with Gasteiger partial charge in [-0.25, -0.2) is 0 Å². The van der Waals surface area contributed by atoms with Gasteiger partial charge in [0.25, 0.3) is 0 Å². The molecule has 1 rings (SSSR count). The van der Waals surface area contributed by atoms with Crippen molar-refractivity contribution < 1.29 is 47.4 Å². The van der Waals surface area contributed by atoms with Crippen LogP contribution in [0, 0.1) is 10.8 Å². The van der Waals surface area contributed by atoms with Gasteiger partial charge in [0.1, 0.15) is 12.4 Å². The highest BCUT2D eigenvalue weighted by Crippen LogP contribution is 2.12. The van der Waals surface area contributed by atoms with Gasteiger partial charge in [0, 0.05) is 36.7 Å². The molecule has 1 aromatic heterocycles. The topological polar surface area (TPSA) is 179 Å². The molecule has 0 spiro atoms. The van der Waals surface area contributed by atoms with Crippen LogP contribution in [-0.4, -0.2) is 149 Å². The van der Waals surface area contributed by atoms with Gasteiger partial charge in [-0.05, 0) is 6.07 Å². The van der Waals surface area contributed by atoms with Gasteiger partial charge in [-0.3, -0.25) is 4.98 Å². The van der Waals surface area contributed by atoms with Gasteiger partial charge in [-0.1, -0.05) is 0 Å². The maximum atomic E-state index is 7.86. The second kappa shape index (κ2) is 30.4. The molecule has 0 bridgehead atoms. The molecule has 0 atom stereocenters. The normalized spacial score (nSPS) is 11.2. The molecule has 0 aliphatic heterocycles. The molecule has 0 aromatic carbocycles. The molecule has 0 saturated heterocycles. The van der Waals surface area contributed by atoms with E-state index in [1.807, 2.05) is 0 Å². The largest absolute Gasteiger partial charge is 0.490 e. The number of hydrogen-bond donors (Lipinski definition) is 3.